The quantitative estimate of drug-likeness (QED) is 0.711. The predicted octanol–water partition coefficient (Wildman–Crippen LogP) is 2.66. The molecule has 1 aromatic carbocycles. The van der Waals surface area contributed by atoms with Crippen LogP contribution < -0.4 is 10.2 Å². The lowest BCUT2D eigenvalue weighted by Gasteiger charge is -2.36. The fourth-order valence-electron chi connectivity index (χ4n) is 3.71. The van der Waals surface area contributed by atoms with Crippen molar-refractivity contribution < 1.29 is 9.21 Å². The Morgan fingerprint density at radius 2 is 2.21 bits per heavy atom. The van der Waals surface area contributed by atoms with Gasteiger partial charge in [-0.3, -0.25) is 4.79 Å². The Labute approximate surface area is 164 Å². The zero-order valence-electron chi connectivity index (χ0n) is 16.6. The number of hydrogen-bond donors (Lipinski definition) is 2. The number of carbonyl (C=O) groups is 1. The molecule has 2 unspecified atom stereocenters. The average molecular weight is 381 g/mol. The summed E-state index contributed by atoms with van der Waals surface area (Å²) < 4.78 is 5.75. The molecule has 0 aliphatic carbocycles. The topological polar surface area (TPSA) is 77.4 Å². The van der Waals surface area contributed by atoms with E-state index < -0.39 is 0 Å². The molecule has 2 N–H and O–H groups in total. The van der Waals surface area contributed by atoms with Crippen LogP contribution in [0.25, 0.3) is 10.9 Å². The first-order valence-corrected chi connectivity index (χ1v) is 9.78. The minimum Gasteiger partial charge on any atom is -0.418 e. The van der Waals surface area contributed by atoms with Gasteiger partial charge in [-0.2, -0.15) is 0 Å². The lowest BCUT2D eigenvalue weighted by atomic mass is 10.1. The van der Waals surface area contributed by atoms with Crippen molar-refractivity contribution in [3.8, 4) is 0 Å². The van der Waals surface area contributed by atoms with Crippen molar-refractivity contribution in [2.75, 3.05) is 31.6 Å². The van der Waals surface area contributed by atoms with Crippen molar-refractivity contribution in [3.05, 3.63) is 48.0 Å². The van der Waals surface area contributed by atoms with E-state index in [0.29, 0.717) is 12.1 Å². The largest absolute Gasteiger partial charge is 0.418 e. The summed E-state index contributed by atoms with van der Waals surface area (Å²) in [5.41, 5.74) is 2.30. The third-order valence-corrected chi connectivity index (χ3v) is 5.53. The number of aromatic amines is 1. The molecule has 1 aliphatic rings. The Balaban J connectivity index is 1.38. The number of hydrogen-bond acceptors (Lipinski definition) is 5. The number of amides is 1. The van der Waals surface area contributed by atoms with Crippen molar-refractivity contribution in [2.24, 2.45) is 0 Å². The third kappa shape index (κ3) is 3.75. The Bertz CT molecular complexity index is 963. The van der Waals surface area contributed by atoms with Crippen molar-refractivity contribution in [3.63, 3.8) is 0 Å². The highest BCUT2D eigenvalue weighted by atomic mass is 16.4. The maximum atomic E-state index is 12.6. The molecule has 1 amide bonds. The second kappa shape index (κ2) is 7.67. The molecule has 4 rings (SSSR count). The molecule has 3 aromatic rings. The number of benzene rings is 1. The van der Waals surface area contributed by atoms with Gasteiger partial charge >= 0.3 is 0 Å². The second-order valence-electron chi connectivity index (χ2n) is 7.72. The predicted molar refractivity (Wildman–Crippen MR) is 110 cm³/mol. The summed E-state index contributed by atoms with van der Waals surface area (Å²) in [7, 11) is 2.12. The SMILES string of the molecule is CC(Cc1c[nH]c2ccccc12)NC(=O)c1cnc(N2CCN(C)C(C)C2)o1. The molecular formula is C21H27N5O2. The van der Waals surface area contributed by atoms with E-state index in [2.05, 4.69) is 51.2 Å². The van der Waals surface area contributed by atoms with Crippen LogP contribution in [0.15, 0.2) is 41.1 Å². The highest BCUT2D eigenvalue weighted by Crippen LogP contribution is 2.20. The number of carbonyl (C=O) groups excluding carboxylic acids is 1. The van der Waals surface area contributed by atoms with Crippen LogP contribution in [0, 0.1) is 0 Å². The number of rotatable bonds is 5. The Morgan fingerprint density at radius 3 is 3.04 bits per heavy atom. The van der Waals surface area contributed by atoms with Crippen LogP contribution in [0.2, 0.25) is 0 Å². The molecule has 0 saturated carbocycles. The molecule has 3 heterocycles. The van der Waals surface area contributed by atoms with Gasteiger partial charge in [-0.1, -0.05) is 18.2 Å². The van der Waals surface area contributed by atoms with E-state index in [1.807, 2.05) is 25.3 Å². The highest BCUT2D eigenvalue weighted by molar-refractivity contribution is 5.91. The number of anilines is 1. The van der Waals surface area contributed by atoms with Crippen molar-refractivity contribution in [1.29, 1.82) is 0 Å². The molecule has 0 radical (unpaired) electrons. The third-order valence-electron chi connectivity index (χ3n) is 5.53. The summed E-state index contributed by atoms with van der Waals surface area (Å²) in [6, 6.07) is 9.11. The lowest BCUT2D eigenvalue weighted by Crippen LogP contribution is -2.50. The van der Waals surface area contributed by atoms with Crippen LogP contribution in [0.3, 0.4) is 0 Å². The average Bonchev–Trinajstić information content (AvgIpc) is 3.32. The fourth-order valence-corrected chi connectivity index (χ4v) is 3.71. The molecule has 0 spiro atoms. The number of fused-ring (bicyclic) bond motifs is 1. The van der Waals surface area contributed by atoms with Gasteiger partial charge in [0.2, 0.25) is 5.76 Å². The van der Waals surface area contributed by atoms with Gasteiger partial charge in [0, 0.05) is 48.8 Å². The Morgan fingerprint density at radius 1 is 1.39 bits per heavy atom. The number of nitrogens with one attached hydrogen (secondary N) is 2. The standard InChI is InChI=1S/C21H27N5O2/c1-14(10-16-11-22-18-7-5-4-6-17(16)18)24-20(27)19-12-23-21(28-19)26-9-8-25(3)15(2)13-26/h4-7,11-12,14-15,22H,8-10,13H2,1-3H3,(H,24,27). The number of para-hydroxylation sites is 1. The van der Waals surface area contributed by atoms with Crippen molar-refractivity contribution in [1.82, 2.24) is 20.2 Å². The van der Waals surface area contributed by atoms with Crippen LogP contribution in [0.1, 0.15) is 30.0 Å². The molecule has 7 nitrogen and oxygen atoms in total. The molecule has 2 atom stereocenters. The first-order valence-electron chi connectivity index (χ1n) is 9.78. The minimum absolute atomic E-state index is 0.0242. The van der Waals surface area contributed by atoms with Gasteiger partial charge < -0.3 is 24.5 Å². The first-order chi connectivity index (χ1) is 13.5. The van der Waals surface area contributed by atoms with Crippen LogP contribution in [-0.4, -0.2) is 59.5 Å². The number of piperazine rings is 1. The number of oxazole rings is 1. The molecule has 1 aliphatic heterocycles. The monoisotopic (exact) mass is 381 g/mol. The number of H-pyrrole nitrogens is 1. The normalized spacial score (nSPS) is 19.1. The summed E-state index contributed by atoms with van der Waals surface area (Å²) in [5.74, 6) is 0.0284. The molecule has 2 aromatic heterocycles. The van der Waals surface area contributed by atoms with Gasteiger partial charge in [0.1, 0.15) is 0 Å². The summed E-state index contributed by atoms with van der Waals surface area (Å²) in [6.45, 7) is 6.81. The van der Waals surface area contributed by atoms with Gasteiger partial charge in [0.15, 0.2) is 0 Å². The second-order valence-corrected chi connectivity index (χ2v) is 7.72. The van der Waals surface area contributed by atoms with E-state index in [4.69, 9.17) is 4.42 Å². The number of nitrogens with zero attached hydrogens (tertiary/aromatic N) is 3. The zero-order valence-corrected chi connectivity index (χ0v) is 16.6. The summed E-state index contributed by atoms with van der Waals surface area (Å²) in [4.78, 5) is 24.6. The van der Waals surface area contributed by atoms with Crippen molar-refractivity contribution in [2.45, 2.75) is 32.4 Å². The van der Waals surface area contributed by atoms with Gasteiger partial charge in [-0.05, 0) is 38.9 Å². The van der Waals surface area contributed by atoms with Gasteiger partial charge in [0.05, 0.1) is 6.20 Å². The van der Waals surface area contributed by atoms with Crippen LogP contribution in [0.4, 0.5) is 6.01 Å². The highest BCUT2D eigenvalue weighted by Gasteiger charge is 2.25. The van der Waals surface area contributed by atoms with E-state index in [1.165, 1.54) is 17.1 Å². The Kier molecular flexibility index (Phi) is 5.09. The zero-order chi connectivity index (χ0) is 19.7. The van der Waals surface area contributed by atoms with Gasteiger partial charge in [-0.25, -0.2) is 4.98 Å². The smallest absolute Gasteiger partial charge is 0.298 e. The molecule has 7 heteroatoms. The number of aromatic nitrogens is 2. The van der Waals surface area contributed by atoms with Crippen LogP contribution in [-0.2, 0) is 6.42 Å². The van der Waals surface area contributed by atoms with E-state index in [9.17, 15) is 4.79 Å². The van der Waals surface area contributed by atoms with E-state index >= 15 is 0 Å². The first kappa shape index (κ1) is 18.6. The van der Waals surface area contributed by atoms with Gasteiger partial charge in [-0.15, -0.1) is 0 Å². The molecule has 28 heavy (non-hydrogen) atoms. The summed E-state index contributed by atoms with van der Waals surface area (Å²) >= 11 is 0. The molecule has 0 bridgehead atoms. The van der Waals surface area contributed by atoms with Crippen molar-refractivity contribution >= 4 is 22.8 Å². The van der Waals surface area contributed by atoms with E-state index in [-0.39, 0.29) is 17.7 Å². The van der Waals surface area contributed by atoms with Crippen LogP contribution in [0.5, 0.6) is 0 Å². The molecule has 1 fully saturated rings. The summed E-state index contributed by atoms with van der Waals surface area (Å²) in [5, 5.41) is 4.21. The van der Waals surface area contributed by atoms with Gasteiger partial charge in [0.25, 0.3) is 11.9 Å². The van der Waals surface area contributed by atoms with E-state index in [1.54, 1.807) is 0 Å². The molecular weight excluding hydrogens is 354 g/mol. The molecule has 148 valence electrons. The minimum atomic E-state index is -0.228. The van der Waals surface area contributed by atoms with E-state index in [0.717, 1.165) is 31.6 Å². The summed E-state index contributed by atoms with van der Waals surface area (Å²) in [6.07, 6.45) is 4.27. The lowest BCUT2D eigenvalue weighted by molar-refractivity contribution is 0.0912. The molecule has 1 saturated heterocycles. The Hall–Kier alpha value is -2.80. The fraction of sp³-hybridized carbons (Fsp3) is 0.429. The maximum Gasteiger partial charge on any atom is 0.298 e. The van der Waals surface area contributed by atoms with Crippen LogP contribution >= 0.6 is 0 Å². The maximum absolute atomic E-state index is 12.6. The number of likely N-dealkylation sites (N-methyl/N-ethyl adjacent to an activating group) is 1.